The summed E-state index contributed by atoms with van der Waals surface area (Å²) in [5.74, 6) is 5.18. The highest BCUT2D eigenvalue weighted by molar-refractivity contribution is 5.69. The summed E-state index contributed by atoms with van der Waals surface area (Å²) in [6.07, 6.45) is -3.72. The van der Waals surface area contributed by atoms with Crippen molar-refractivity contribution in [1.82, 2.24) is 5.01 Å². The molecule has 8 heteroatoms. The number of ether oxygens (including phenoxy) is 2. The van der Waals surface area contributed by atoms with Gasteiger partial charge in [0, 0.05) is 6.61 Å². The van der Waals surface area contributed by atoms with Crippen LogP contribution in [0, 0.1) is 5.41 Å². The minimum Gasteiger partial charge on any atom is -0.455 e. The van der Waals surface area contributed by atoms with Gasteiger partial charge in [-0.1, -0.05) is 6.92 Å². The molecule has 0 aromatic heterocycles. The fourth-order valence-electron chi connectivity index (χ4n) is 0.599. The van der Waals surface area contributed by atoms with Gasteiger partial charge in [0.2, 0.25) is 0 Å². The molecule has 90 valence electrons. The number of amidine groups is 1. The Morgan fingerprint density at radius 1 is 1.47 bits per heavy atom. The number of nitrogens with one attached hydrogen (secondary N) is 1. The largest absolute Gasteiger partial charge is 0.455 e. The van der Waals surface area contributed by atoms with Gasteiger partial charge < -0.3 is 9.47 Å². The molecule has 0 saturated carbocycles. The third-order valence-electron chi connectivity index (χ3n) is 1.21. The summed E-state index contributed by atoms with van der Waals surface area (Å²) in [4.78, 5) is 0. The Morgan fingerprint density at radius 2 is 2.07 bits per heavy atom. The molecule has 0 rings (SSSR count). The second kappa shape index (κ2) is 6.46. The molecule has 0 saturated heterocycles. The highest BCUT2D eigenvalue weighted by Crippen LogP contribution is 2.14. The van der Waals surface area contributed by atoms with Crippen LogP contribution in [-0.2, 0) is 9.47 Å². The lowest BCUT2D eigenvalue weighted by Gasteiger charge is -2.19. The number of alkyl halides is 3. The maximum absolute atomic E-state index is 11.7. The Hall–Kier alpha value is -1.02. The topological polar surface area (TPSA) is 71.6 Å². The van der Waals surface area contributed by atoms with Crippen molar-refractivity contribution in [3.63, 3.8) is 0 Å². The zero-order valence-electron chi connectivity index (χ0n) is 8.30. The molecule has 0 aromatic rings. The van der Waals surface area contributed by atoms with Crippen molar-refractivity contribution in [3.8, 4) is 0 Å². The lowest BCUT2D eigenvalue weighted by Crippen LogP contribution is -2.41. The van der Waals surface area contributed by atoms with Gasteiger partial charge >= 0.3 is 12.2 Å². The molecule has 15 heavy (non-hydrogen) atoms. The van der Waals surface area contributed by atoms with Crippen molar-refractivity contribution >= 4 is 6.02 Å². The van der Waals surface area contributed by atoms with Crippen molar-refractivity contribution in [2.24, 2.45) is 5.84 Å². The van der Waals surface area contributed by atoms with Crippen LogP contribution in [0.4, 0.5) is 13.2 Å². The normalized spacial score (nSPS) is 11.3. The highest BCUT2D eigenvalue weighted by atomic mass is 19.4. The molecule has 0 atom stereocenters. The second-order valence-corrected chi connectivity index (χ2v) is 2.72. The Labute approximate surface area is 85.4 Å². The summed E-state index contributed by atoms with van der Waals surface area (Å²) >= 11 is 0. The van der Waals surface area contributed by atoms with E-state index in [9.17, 15) is 13.2 Å². The van der Waals surface area contributed by atoms with E-state index in [4.69, 9.17) is 16.0 Å². The van der Waals surface area contributed by atoms with Crippen molar-refractivity contribution < 1.29 is 22.6 Å². The average molecular weight is 229 g/mol. The molecule has 5 nitrogen and oxygen atoms in total. The quantitative estimate of drug-likeness (QED) is 0.185. The molecule has 0 unspecified atom stereocenters. The first kappa shape index (κ1) is 14.0. The molecule has 0 spiro atoms. The Kier molecular flexibility index (Phi) is 6.02. The first-order chi connectivity index (χ1) is 6.87. The van der Waals surface area contributed by atoms with Crippen molar-refractivity contribution in [2.45, 2.75) is 19.5 Å². The van der Waals surface area contributed by atoms with Crippen LogP contribution in [0.3, 0.4) is 0 Å². The molecule has 0 aromatic carbocycles. The second-order valence-electron chi connectivity index (χ2n) is 2.72. The maximum atomic E-state index is 11.7. The van der Waals surface area contributed by atoms with Gasteiger partial charge in [0.05, 0.1) is 0 Å². The SMILES string of the molecule is CCCOCN(N)C(=N)OCC(F)(F)F. The third-order valence-corrected chi connectivity index (χ3v) is 1.21. The van der Waals surface area contributed by atoms with Crippen LogP contribution < -0.4 is 5.84 Å². The standard InChI is InChI=1S/C7H14F3N3O2/c1-2-3-14-5-13(12)6(11)15-4-7(8,9)10/h11H,2-5,12H2,1H3. The Morgan fingerprint density at radius 3 is 2.53 bits per heavy atom. The predicted octanol–water partition coefficient (Wildman–Crippen LogP) is 1.06. The number of hydrogen-bond acceptors (Lipinski definition) is 4. The summed E-state index contributed by atoms with van der Waals surface area (Å²) < 4.78 is 44.0. The van der Waals surface area contributed by atoms with Crippen LogP contribution in [0.2, 0.25) is 0 Å². The van der Waals surface area contributed by atoms with Gasteiger partial charge in [-0.05, 0) is 6.42 Å². The van der Waals surface area contributed by atoms with Crippen LogP contribution in [0.15, 0.2) is 0 Å². The van der Waals surface area contributed by atoms with Crippen molar-refractivity contribution in [2.75, 3.05) is 19.9 Å². The average Bonchev–Trinajstić information content (AvgIpc) is 2.13. The van der Waals surface area contributed by atoms with E-state index in [1.165, 1.54) is 0 Å². The molecule has 0 bridgehead atoms. The number of rotatable bonds is 5. The van der Waals surface area contributed by atoms with Crippen LogP contribution >= 0.6 is 0 Å². The fraction of sp³-hybridized carbons (Fsp3) is 0.857. The highest BCUT2D eigenvalue weighted by Gasteiger charge is 2.29. The smallest absolute Gasteiger partial charge is 0.422 e. The van der Waals surface area contributed by atoms with E-state index in [2.05, 4.69) is 4.74 Å². The molecular weight excluding hydrogens is 215 g/mol. The lowest BCUT2D eigenvalue weighted by atomic mass is 10.5. The van der Waals surface area contributed by atoms with Gasteiger partial charge in [-0.25, -0.2) is 10.9 Å². The summed E-state index contributed by atoms with van der Waals surface area (Å²) in [5, 5.41) is 7.66. The number of halogens is 3. The van der Waals surface area contributed by atoms with Gasteiger partial charge in [-0.2, -0.15) is 13.2 Å². The third kappa shape index (κ3) is 8.01. The molecule has 0 amide bonds. The Balaban J connectivity index is 3.70. The molecule has 3 N–H and O–H groups in total. The molecular formula is C7H14F3N3O2. The van der Waals surface area contributed by atoms with E-state index in [0.29, 0.717) is 11.6 Å². The maximum Gasteiger partial charge on any atom is 0.422 e. The van der Waals surface area contributed by atoms with E-state index < -0.39 is 18.8 Å². The number of hydrazine groups is 1. The number of hydrogen-bond donors (Lipinski definition) is 2. The van der Waals surface area contributed by atoms with Crippen LogP contribution in [0.25, 0.3) is 0 Å². The van der Waals surface area contributed by atoms with E-state index in [0.717, 1.165) is 6.42 Å². The first-order valence-corrected chi connectivity index (χ1v) is 4.25. The molecule has 0 aliphatic carbocycles. The van der Waals surface area contributed by atoms with Gasteiger partial charge in [-0.3, -0.25) is 5.41 Å². The van der Waals surface area contributed by atoms with Crippen molar-refractivity contribution in [1.29, 1.82) is 5.41 Å². The van der Waals surface area contributed by atoms with Crippen molar-refractivity contribution in [3.05, 3.63) is 0 Å². The van der Waals surface area contributed by atoms with E-state index in [1.807, 2.05) is 6.92 Å². The van der Waals surface area contributed by atoms with Crippen LogP contribution in [0.1, 0.15) is 13.3 Å². The summed E-state index contributed by atoms with van der Waals surface area (Å²) in [6.45, 7) is 0.574. The predicted molar refractivity (Wildman–Crippen MR) is 46.9 cm³/mol. The van der Waals surface area contributed by atoms with Gasteiger partial charge in [0.15, 0.2) is 6.61 Å². The minimum absolute atomic E-state index is 0.176. The van der Waals surface area contributed by atoms with Gasteiger partial charge in [0.1, 0.15) is 6.73 Å². The Bertz CT molecular complexity index is 198. The van der Waals surface area contributed by atoms with E-state index in [-0.39, 0.29) is 6.73 Å². The molecule has 0 fully saturated rings. The van der Waals surface area contributed by atoms with E-state index in [1.54, 1.807) is 0 Å². The van der Waals surface area contributed by atoms with Crippen LogP contribution in [0.5, 0.6) is 0 Å². The lowest BCUT2D eigenvalue weighted by molar-refractivity contribution is -0.159. The minimum atomic E-state index is -4.47. The number of nitrogens with two attached hydrogens (primary N) is 1. The van der Waals surface area contributed by atoms with Gasteiger partial charge in [0.25, 0.3) is 0 Å². The summed E-state index contributed by atoms with van der Waals surface area (Å²) in [5.41, 5.74) is 0. The van der Waals surface area contributed by atoms with E-state index >= 15 is 0 Å². The molecule has 0 aliphatic rings. The first-order valence-electron chi connectivity index (χ1n) is 4.25. The van der Waals surface area contributed by atoms with Gasteiger partial charge in [-0.15, -0.1) is 0 Å². The number of nitrogens with zero attached hydrogens (tertiary/aromatic N) is 1. The monoisotopic (exact) mass is 229 g/mol. The van der Waals surface area contributed by atoms with Crippen LogP contribution in [-0.4, -0.2) is 37.2 Å². The zero-order chi connectivity index (χ0) is 11.9. The molecule has 0 aliphatic heterocycles. The zero-order valence-corrected chi connectivity index (χ0v) is 8.30. The fourth-order valence-corrected chi connectivity index (χ4v) is 0.599. The molecule has 0 heterocycles. The molecule has 0 radical (unpaired) electrons. The summed E-state index contributed by atoms with van der Waals surface area (Å²) in [6, 6.07) is -0.775. The summed E-state index contributed by atoms with van der Waals surface area (Å²) in [7, 11) is 0.